The van der Waals surface area contributed by atoms with E-state index in [1.807, 2.05) is 5.10 Å². The topological polar surface area (TPSA) is 45.8 Å². The summed E-state index contributed by atoms with van der Waals surface area (Å²) < 4.78 is 24.8. The number of H-pyrrole nitrogens is 1. The molecular weight excluding hydrogens is 154 g/mol. The maximum atomic E-state index is 12.4. The second-order valence-corrected chi connectivity index (χ2v) is 2.19. The van der Waals surface area contributed by atoms with Gasteiger partial charge < -0.3 is 0 Å². The quantitative estimate of drug-likeness (QED) is 0.662. The van der Waals surface area contributed by atoms with Crippen molar-refractivity contribution < 1.29 is 8.78 Å². The first kappa shape index (κ1) is 7.84. The molecule has 1 N–H and O–H groups in total. The van der Waals surface area contributed by atoms with E-state index in [0.717, 1.165) is 12.1 Å². The molecular formula is C6H6F2N2O. The van der Waals surface area contributed by atoms with E-state index in [0.29, 0.717) is 6.92 Å². The van der Waals surface area contributed by atoms with Gasteiger partial charge in [-0.15, -0.1) is 0 Å². The molecule has 0 unspecified atom stereocenters. The molecule has 0 atom stereocenters. The molecule has 1 heterocycles. The Labute approximate surface area is 61.1 Å². The van der Waals surface area contributed by atoms with Crippen molar-refractivity contribution in [2.24, 2.45) is 0 Å². The van der Waals surface area contributed by atoms with Gasteiger partial charge in [0.25, 0.3) is 11.5 Å². The number of hydrogen-bond donors (Lipinski definition) is 1. The molecule has 0 amide bonds. The van der Waals surface area contributed by atoms with Crippen molar-refractivity contribution in [3.05, 3.63) is 28.2 Å². The fraction of sp³-hybridized carbons (Fsp3) is 0.333. The van der Waals surface area contributed by atoms with Gasteiger partial charge >= 0.3 is 0 Å². The highest BCUT2D eigenvalue weighted by atomic mass is 19.3. The lowest BCUT2D eigenvalue weighted by Crippen LogP contribution is -2.15. The summed E-state index contributed by atoms with van der Waals surface area (Å²) in [5, 5.41) is 5.08. The van der Waals surface area contributed by atoms with Crippen molar-refractivity contribution >= 4 is 0 Å². The molecule has 0 radical (unpaired) electrons. The minimum atomic E-state index is -3.00. The summed E-state index contributed by atoms with van der Waals surface area (Å²) in [7, 11) is 0. The van der Waals surface area contributed by atoms with Crippen LogP contribution in [0, 0.1) is 0 Å². The minimum Gasteiger partial charge on any atom is -0.268 e. The third-order valence-corrected chi connectivity index (χ3v) is 1.13. The summed E-state index contributed by atoms with van der Waals surface area (Å²) >= 11 is 0. The highest BCUT2D eigenvalue weighted by Gasteiger charge is 2.25. The molecule has 1 rings (SSSR count). The predicted octanol–water partition coefficient (Wildman–Crippen LogP) is 0.882. The summed E-state index contributed by atoms with van der Waals surface area (Å²) in [6.07, 6.45) is 0. The Hall–Kier alpha value is -1.26. The number of halogens is 2. The molecule has 0 bridgehead atoms. The van der Waals surface area contributed by atoms with E-state index in [1.165, 1.54) is 0 Å². The first-order valence-corrected chi connectivity index (χ1v) is 2.94. The summed E-state index contributed by atoms with van der Waals surface area (Å²) in [6.45, 7) is 0.716. The normalized spacial score (nSPS) is 11.5. The molecule has 5 heteroatoms. The highest BCUT2D eigenvalue weighted by Crippen LogP contribution is 2.22. The van der Waals surface area contributed by atoms with Crippen LogP contribution in [-0.4, -0.2) is 10.2 Å². The molecule has 0 fully saturated rings. The van der Waals surface area contributed by atoms with Crippen molar-refractivity contribution in [3.8, 4) is 0 Å². The number of nitrogens with zero attached hydrogens (tertiary/aromatic N) is 1. The molecule has 60 valence electrons. The Morgan fingerprint density at radius 3 is 2.55 bits per heavy atom. The van der Waals surface area contributed by atoms with Gasteiger partial charge in [-0.2, -0.15) is 13.9 Å². The van der Waals surface area contributed by atoms with Crippen molar-refractivity contribution in [1.82, 2.24) is 10.2 Å². The van der Waals surface area contributed by atoms with E-state index in [2.05, 4.69) is 5.10 Å². The average molecular weight is 160 g/mol. The van der Waals surface area contributed by atoms with Gasteiger partial charge in [-0.25, -0.2) is 5.10 Å². The maximum Gasteiger partial charge on any atom is 0.288 e. The van der Waals surface area contributed by atoms with Gasteiger partial charge in [-0.3, -0.25) is 4.79 Å². The van der Waals surface area contributed by atoms with Crippen LogP contribution in [0.5, 0.6) is 0 Å². The number of nitrogens with one attached hydrogen (secondary N) is 1. The zero-order valence-corrected chi connectivity index (χ0v) is 5.77. The van der Waals surface area contributed by atoms with E-state index >= 15 is 0 Å². The minimum absolute atomic E-state index is 0.433. The van der Waals surface area contributed by atoms with Crippen LogP contribution >= 0.6 is 0 Å². The second-order valence-electron chi connectivity index (χ2n) is 2.19. The summed E-state index contributed by atoms with van der Waals surface area (Å²) in [5.74, 6) is -3.00. The maximum absolute atomic E-state index is 12.4. The van der Waals surface area contributed by atoms with Crippen LogP contribution in [0.4, 0.5) is 8.78 Å². The van der Waals surface area contributed by atoms with Crippen molar-refractivity contribution in [1.29, 1.82) is 0 Å². The number of hydrogen-bond acceptors (Lipinski definition) is 2. The van der Waals surface area contributed by atoms with E-state index in [-0.39, 0.29) is 0 Å². The smallest absolute Gasteiger partial charge is 0.268 e. The number of aromatic nitrogens is 2. The highest BCUT2D eigenvalue weighted by molar-refractivity contribution is 5.04. The van der Waals surface area contributed by atoms with Gasteiger partial charge in [0.15, 0.2) is 0 Å². The second kappa shape index (κ2) is 2.41. The summed E-state index contributed by atoms with van der Waals surface area (Å²) in [4.78, 5) is 10.4. The largest absolute Gasteiger partial charge is 0.288 e. The third kappa shape index (κ3) is 1.83. The van der Waals surface area contributed by atoms with E-state index in [1.54, 1.807) is 0 Å². The van der Waals surface area contributed by atoms with Crippen LogP contribution < -0.4 is 5.56 Å². The molecule has 0 spiro atoms. The molecule has 0 aliphatic heterocycles. The molecule has 3 nitrogen and oxygen atoms in total. The van der Waals surface area contributed by atoms with Gasteiger partial charge in [-0.1, -0.05) is 0 Å². The zero-order chi connectivity index (χ0) is 8.48. The number of rotatable bonds is 1. The monoisotopic (exact) mass is 160 g/mol. The molecule has 0 aliphatic carbocycles. The molecule has 0 aliphatic rings. The van der Waals surface area contributed by atoms with Crippen molar-refractivity contribution in [3.63, 3.8) is 0 Å². The fourth-order valence-electron chi connectivity index (χ4n) is 0.589. The van der Waals surface area contributed by atoms with Crippen LogP contribution in [0.3, 0.4) is 0 Å². The Kier molecular flexibility index (Phi) is 1.72. The third-order valence-electron chi connectivity index (χ3n) is 1.13. The van der Waals surface area contributed by atoms with Crippen LogP contribution in [0.2, 0.25) is 0 Å². The Morgan fingerprint density at radius 1 is 1.55 bits per heavy atom. The van der Waals surface area contributed by atoms with Crippen LogP contribution in [-0.2, 0) is 5.92 Å². The van der Waals surface area contributed by atoms with E-state index in [4.69, 9.17) is 0 Å². The fourth-order valence-corrected chi connectivity index (χ4v) is 0.589. The van der Waals surface area contributed by atoms with E-state index in [9.17, 15) is 13.6 Å². The number of aromatic amines is 1. The molecule has 1 aromatic heterocycles. The van der Waals surface area contributed by atoms with Gasteiger partial charge in [-0.05, 0) is 6.07 Å². The van der Waals surface area contributed by atoms with Crippen molar-refractivity contribution in [2.45, 2.75) is 12.8 Å². The molecule has 0 saturated heterocycles. The first-order chi connectivity index (χ1) is 5.00. The van der Waals surface area contributed by atoms with Crippen LogP contribution in [0.15, 0.2) is 16.9 Å². The molecule has 11 heavy (non-hydrogen) atoms. The molecule has 1 aromatic rings. The average Bonchev–Trinajstić information content (AvgIpc) is 1.86. The standard InChI is InChI=1S/C6H6F2N2O/c1-6(7,8)4-2-3-5(11)10-9-4/h2-3H,1H3,(H,10,11). The Morgan fingerprint density at radius 2 is 2.18 bits per heavy atom. The van der Waals surface area contributed by atoms with E-state index < -0.39 is 17.2 Å². The van der Waals surface area contributed by atoms with Gasteiger partial charge in [0.05, 0.1) is 0 Å². The van der Waals surface area contributed by atoms with Crippen LogP contribution in [0.1, 0.15) is 12.6 Å². The SMILES string of the molecule is CC(F)(F)c1ccc(=O)[nH]n1. The first-order valence-electron chi connectivity index (χ1n) is 2.94. The van der Waals surface area contributed by atoms with Gasteiger partial charge in [0.2, 0.25) is 0 Å². The predicted molar refractivity (Wildman–Crippen MR) is 34.4 cm³/mol. The lowest BCUT2D eigenvalue weighted by molar-refractivity contribution is 0.0117. The van der Waals surface area contributed by atoms with Crippen molar-refractivity contribution in [2.75, 3.05) is 0 Å². The van der Waals surface area contributed by atoms with Gasteiger partial charge in [0, 0.05) is 13.0 Å². The van der Waals surface area contributed by atoms with Crippen LogP contribution in [0.25, 0.3) is 0 Å². The number of alkyl halides is 2. The zero-order valence-electron chi connectivity index (χ0n) is 5.77. The lowest BCUT2D eigenvalue weighted by Gasteiger charge is -2.06. The Balaban J connectivity index is 3.09. The molecule has 0 aromatic carbocycles. The summed E-state index contributed by atoms with van der Waals surface area (Å²) in [6, 6.07) is 2.01. The van der Waals surface area contributed by atoms with Gasteiger partial charge in [0.1, 0.15) is 5.69 Å². The summed E-state index contributed by atoms with van der Waals surface area (Å²) in [5.41, 5.74) is -0.921. The lowest BCUT2D eigenvalue weighted by atomic mass is 10.2. The Bertz CT molecular complexity index is 282. The molecule has 0 saturated carbocycles.